The normalized spacial score (nSPS) is 19.9. The van der Waals surface area contributed by atoms with E-state index in [0.717, 1.165) is 30.9 Å². The SMILES string of the molecule is Cc1nn(C)cc1C(=O)N1CCNCC1C.Cl. The largest absolute Gasteiger partial charge is 0.333 e. The van der Waals surface area contributed by atoms with Crippen molar-refractivity contribution in [3.8, 4) is 0 Å². The number of nitrogens with one attached hydrogen (secondary N) is 1. The van der Waals surface area contributed by atoms with Gasteiger partial charge in [-0.1, -0.05) is 0 Å². The van der Waals surface area contributed by atoms with Crippen LogP contribution < -0.4 is 5.32 Å². The Morgan fingerprint density at radius 1 is 1.59 bits per heavy atom. The predicted molar refractivity (Wildman–Crippen MR) is 68.6 cm³/mol. The molecule has 1 N–H and O–H groups in total. The molecule has 1 amide bonds. The first-order valence-electron chi connectivity index (χ1n) is 5.61. The van der Waals surface area contributed by atoms with E-state index in [9.17, 15) is 4.79 Å². The number of amides is 1. The van der Waals surface area contributed by atoms with Crippen molar-refractivity contribution in [1.29, 1.82) is 0 Å². The molecule has 1 aliphatic heterocycles. The number of rotatable bonds is 1. The maximum absolute atomic E-state index is 12.3. The minimum Gasteiger partial charge on any atom is -0.333 e. The van der Waals surface area contributed by atoms with Gasteiger partial charge in [-0.2, -0.15) is 5.10 Å². The first-order valence-corrected chi connectivity index (χ1v) is 5.61. The van der Waals surface area contributed by atoms with Crippen LogP contribution in [0.4, 0.5) is 0 Å². The molecule has 17 heavy (non-hydrogen) atoms. The van der Waals surface area contributed by atoms with Gasteiger partial charge in [0.1, 0.15) is 0 Å². The van der Waals surface area contributed by atoms with Crippen LogP contribution in [-0.4, -0.2) is 46.3 Å². The second-order valence-electron chi connectivity index (χ2n) is 4.35. The van der Waals surface area contributed by atoms with E-state index in [1.807, 2.05) is 18.9 Å². The van der Waals surface area contributed by atoms with Crippen LogP contribution in [0.1, 0.15) is 23.0 Å². The molecular weight excluding hydrogens is 240 g/mol. The van der Waals surface area contributed by atoms with Crippen LogP contribution >= 0.6 is 12.4 Å². The highest BCUT2D eigenvalue weighted by molar-refractivity contribution is 5.95. The topological polar surface area (TPSA) is 50.2 Å². The highest BCUT2D eigenvalue weighted by atomic mass is 35.5. The molecule has 0 radical (unpaired) electrons. The summed E-state index contributed by atoms with van der Waals surface area (Å²) in [6.07, 6.45) is 1.80. The Labute approximate surface area is 108 Å². The van der Waals surface area contributed by atoms with Gasteiger partial charge in [-0.25, -0.2) is 0 Å². The number of carbonyl (C=O) groups excluding carboxylic acids is 1. The number of hydrogen-bond donors (Lipinski definition) is 1. The van der Waals surface area contributed by atoms with Gasteiger partial charge in [0.05, 0.1) is 11.3 Å². The van der Waals surface area contributed by atoms with E-state index < -0.39 is 0 Å². The highest BCUT2D eigenvalue weighted by Crippen LogP contribution is 2.12. The van der Waals surface area contributed by atoms with Gasteiger partial charge >= 0.3 is 0 Å². The number of piperazine rings is 1. The summed E-state index contributed by atoms with van der Waals surface area (Å²) in [6.45, 7) is 6.45. The van der Waals surface area contributed by atoms with Crippen molar-refractivity contribution in [3.63, 3.8) is 0 Å². The van der Waals surface area contributed by atoms with Crippen LogP contribution in [0, 0.1) is 6.92 Å². The molecule has 0 aromatic carbocycles. The molecular formula is C11H19ClN4O. The summed E-state index contributed by atoms with van der Waals surface area (Å²) in [5.74, 6) is 0.0969. The van der Waals surface area contributed by atoms with E-state index in [1.54, 1.807) is 10.9 Å². The van der Waals surface area contributed by atoms with Gasteiger partial charge < -0.3 is 10.2 Å². The molecule has 1 fully saturated rings. The van der Waals surface area contributed by atoms with E-state index >= 15 is 0 Å². The number of carbonyl (C=O) groups is 1. The van der Waals surface area contributed by atoms with Gasteiger partial charge in [-0.3, -0.25) is 9.48 Å². The number of halogens is 1. The van der Waals surface area contributed by atoms with Gasteiger partial charge in [0, 0.05) is 38.9 Å². The molecule has 1 aromatic heterocycles. The first kappa shape index (κ1) is 14.0. The number of aryl methyl sites for hydroxylation is 2. The third kappa shape index (κ3) is 2.79. The molecule has 1 saturated heterocycles. The minimum absolute atomic E-state index is 0. The molecule has 1 aliphatic rings. The molecule has 0 saturated carbocycles. The average molecular weight is 259 g/mol. The molecule has 96 valence electrons. The quantitative estimate of drug-likeness (QED) is 0.802. The molecule has 0 bridgehead atoms. The van der Waals surface area contributed by atoms with Crippen LogP contribution in [0.2, 0.25) is 0 Å². The second kappa shape index (κ2) is 5.51. The van der Waals surface area contributed by atoms with Crippen LogP contribution in [0.5, 0.6) is 0 Å². The number of aromatic nitrogens is 2. The van der Waals surface area contributed by atoms with Crippen LogP contribution in [0.15, 0.2) is 6.20 Å². The average Bonchev–Trinajstić information content (AvgIpc) is 2.58. The third-order valence-corrected chi connectivity index (χ3v) is 3.01. The predicted octanol–water partition coefficient (Wildman–Crippen LogP) is 0.584. The Kier molecular flexibility index (Phi) is 4.54. The van der Waals surface area contributed by atoms with Crippen molar-refractivity contribution in [2.45, 2.75) is 19.9 Å². The van der Waals surface area contributed by atoms with E-state index in [2.05, 4.69) is 17.3 Å². The lowest BCUT2D eigenvalue weighted by atomic mass is 10.1. The Bertz CT molecular complexity index is 404. The van der Waals surface area contributed by atoms with E-state index in [1.165, 1.54) is 0 Å². The summed E-state index contributed by atoms with van der Waals surface area (Å²) < 4.78 is 1.69. The molecule has 5 nitrogen and oxygen atoms in total. The van der Waals surface area contributed by atoms with Gasteiger partial charge in [-0.05, 0) is 13.8 Å². The Morgan fingerprint density at radius 3 is 2.82 bits per heavy atom. The Balaban J connectivity index is 0.00000144. The zero-order valence-corrected chi connectivity index (χ0v) is 11.3. The summed E-state index contributed by atoms with van der Waals surface area (Å²) in [5, 5.41) is 7.48. The van der Waals surface area contributed by atoms with Crippen molar-refractivity contribution in [2.75, 3.05) is 19.6 Å². The summed E-state index contributed by atoms with van der Waals surface area (Å²) in [5.41, 5.74) is 1.52. The summed E-state index contributed by atoms with van der Waals surface area (Å²) in [7, 11) is 1.84. The van der Waals surface area contributed by atoms with Crippen LogP contribution in [0.3, 0.4) is 0 Å². The van der Waals surface area contributed by atoms with Crippen molar-refractivity contribution in [1.82, 2.24) is 20.0 Å². The van der Waals surface area contributed by atoms with Gasteiger partial charge in [-0.15, -0.1) is 12.4 Å². The number of nitrogens with zero attached hydrogens (tertiary/aromatic N) is 3. The zero-order valence-electron chi connectivity index (χ0n) is 10.4. The monoisotopic (exact) mass is 258 g/mol. The van der Waals surface area contributed by atoms with Gasteiger partial charge in [0.25, 0.3) is 5.91 Å². The molecule has 1 aromatic rings. The Morgan fingerprint density at radius 2 is 2.29 bits per heavy atom. The standard InChI is InChI=1S/C11H18N4O.ClH/c1-8-6-12-4-5-15(8)11(16)10-7-14(3)13-9(10)2;/h7-8,12H,4-6H2,1-3H3;1H. The molecule has 1 unspecified atom stereocenters. The molecule has 2 heterocycles. The third-order valence-electron chi connectivity index (χ3n) is 3.01. The van der Waals surface area contributed by atoms with Gasteiger partial charge in [0.2, 0.25) is 0 Å². The van der Waals surface area contributed by atoms with E-state index in [-0.39, 0.29) is 24.4 Å². The van der Waals surface area contributed by atoms with Gasteiger partial charge in [0.15, 0.2) is 0 Å². The van der Waals surface area contributed by atoms with Crippen molar-refractivity contribution in [3.05, 3.63) is 17.5 Å². The molecule has 6 heteroatoms. The maximum Gasteiger partial charge on any atom is 0.257 e. The van der Waals surface area contributed by atoms with E-state index in [4.69, 9.17) is 0 Å². The first-order chi connectivity index (χ1) is 7.59. The summed E-state index contributed by atoms with van der Waals surface area (Å²) in [4.78, 5) is 14.2. The fraction of sp³-hybridized carbons (Fsp3) is 0.636. The molecule has 2 rings (SSSR count). The zero-order chi connectivity index (χ0) is 11.7. The minimum atomic E-state index is 0. The lowest BCUT2D eigenvalue weighted by Gasteiger charge is -2.33. The highest BCUT2D eigenvalue weighted by Gasteiger charge is 2.26. The smallest absolute Gasteiger partial charge is 0.257 e. The fourth-order valence-corrected chi connectivity index (χ4v) is 2.11. The van der Waals surface area contributed by atoms with Crippen molar-refractivity contribution >= 4 is 18.3 Å². The van der Waals surface area contributed by atoms with Crippen LogP contribution in [0.25, 0.3) is 0 Å². The number of hydrogen-bond acceptors (Lipinski definition) is 3. The maximum atomic E-state index is 12.3. The molecule has 0 spiro atoms. The summed E-state index contributed by atoms with van der Waals surface area (Å²) >= 11 is 0. The second-order valence-corrected chi connectivity index (χ2v) is 4.35. The lowest BCUT2D eigenvalue weighted by molar-refractivity contribution is 0.0655. The van der Waals surface area contributed by atoms with Crippen LogP contribution in [-0.2, 0) is 7.05 Å². The van der Waals surface area contributed by atoms with Crippen molar-refractivity contribution < 1.29 is 4.79 Å². The fourth-order valence-electron chi connectivity index (χ4n) is 2.11. The lowest BCUT2D eigenvalue weighted by Crippen LogP contribution is -2.52. The molecule has 0 aliphatic carbocycles. The Hall–Kier alpha value is -1.07. The van der Waals surface area contributed by atoms with Crippen molar-refractivity contribution in [2.24, 2.45) is 7.05 Å². The van der Waals surface area contributed by atoms with E-state index in [0.29, 0.717) is 0 Å². The summed E-state index contributed by atoms with van der Waals surface area (Å²) in [6, 6.07) is 0.251. The molecule has 1 atom stereocenters.